The van der Waals surface area contributed by atoms with Crippen molar-refractivity contribution in [2.75, 3.05) is 11.9 Å². The maximum Gasteiger partial charge on any atom is 0.196 e. The molecular formula is C12H10ClN3OS2. The van der Waals surface area contributed by atoms with Gasteiger partial charge < -0.3 is 4.90 Å². The predicted octanol–water partition coefficient (Wildman–Crippen LogP) is 3.56. The molecule has 19 heavy (non-hydrogen) atoms. The molecule has 7 heteroatoms. The number of hydrogen-bond donors (Lipinski definition) is 0. The summed E-state index contributed by atoms with van der Waals surface area (Å²) in [6, 6.07) is 3.87. The molecule has 4 nitrogen and oxygen atoms in total. The molecule has 0 unspecified atom stereocenters. The summed E-state index contributed by atoms with van der Waals surface area (Å²) < 4.78 is 2.58. The molecule has 0 amide bonds. The molecule has 0 aliphatic carbocycles. The lowest BCUT2D eigenvalue weighted by Crippen LogP contribution is -2.17. The first kappa shape index (κ1) is 12.7. The van der Waals surface area contributed by atoms with E-state index in [0.717, 1.165) is 20.5 Å². The van der Waals surface area contributed by atoms with Gasteiger partial charge in [0.15, 0.2) is 17.1 Å². The zero-order valence-corrected chi connectivity index (χ0v) is 12.4. The van der Waals surface area contributed by atoms with Gasteiger partial charge in [0.2, 0.25) is 0 Å². The lowest BCUT2D eigenvalue weighted by Gasteiger charge is -2.15. The van der Waals surface area contributed by atoms with Crippen LogP contribution >= 0.6 is 34.3 Å². The molecule has 0 spiro atoms. The van der Waals surface area contributed by atoms with E-state index in [1.807, 2.05) is 40.1 Å². The predicted molar refractivity (Wildman–Crippen MR) is 79.9 cm³/mol. The zero-order valence-electron chi connectivity index (χ0n) is 10.0. The van der Waals surface area contributed by atoms with Crippen LogP contribution < -0.4 is 4.90 Å². The normalized spacial score (nSPS) is 11.1. The van der Waals surface area contributed by atoms with Crippen LogP contribution in [0.3, 0.4) is 0 Å². The Labute approximate surface area is 122 Å². The Hall–Kier alpha value is -1.37. The van der Waals surface area contributed by atoms with E-state index >= 15 is 0 Å². The van der Waals surface area contributed by atoms with E-state index in [4.69, 9.17) is 11.6 Å². The fourth-order valence-electron chi connectivity index (χ4n) is 1.93. The largest absolute Gasteiger partial charge is 0.353 e. The molecule has 0 saturated carbocycles. The molecule has 0 fully saturated rings. The minimum atomic E-state index is 0.585. The Morgan fingerprint density at radius 2 is 2.37 bits per heavy atom. The summed E-state index contributed by atoms with van der Waals surface area (Å²) in [5.41, 5.74) is 0.585. The third-order valence-electron chi connectivity index (χ3n) is 2.77. The number of nitrogens with zero attached hydrogens (tertiary/aromatic N) is 3. The van der Waals surface area contributed by atoms with Crippen LogP contribution in [-0.2, 0) is 6.54 Å². The van der Waals surface area contributed by atoms with Gasteiger partial charge in [-0.1, -0.05) is 11.6 Å². The molecule has 3 heterocycles. The average molecular weight is 312 g/mol. The molecule has 0 saturated heterocycles. The highest BCUT2D eigenvalue weighted by Crippen LogP contribution is 2.27. The summed E-state index contributed by atoms with van der Waals surface area (Å²) in [7, 11) is 1.92. The van der Waals surface area contributed by atoms with Crippen LogP contribution in [0.4, 0.5) is 5.82 Å². The number of aldehydes is 1. The average Bonchev–Trinajstić information content (AvgIpc) is 3.03. The van der Waals surface area contributed by atoms with Crippen LogP contribution in [0.25, 0.3) is 4.96 Å². The van der Waals surface area contributed by atoms with Gasteiger partial charge in [0, 0.05) is 23.5 Å². The summed E-state index contributed by atoms with van der Waals surface area (Å²) >= 11 is 8.97. The molecule has 98 valence electrons. The summed E-state index contributed by atoms with van der Waals surface area (Å²) in [6.07, 6.45) is 2.70. The monoisotopic (exact) mass is 311 g/mol. The Kier molecular flexibility index (Phi) is 3.30. The van der Waals surface area contributed by atoms with E-state index in [2.05, 4.69) is 4.98 Å². The lowest BCUT2D eigenvalue weighted by atomic mass is 10.4. The molecule has 3 rings (SSSR count). The number of thiophene rings is 1. The fraction of sp³-hybridized carbons (Fsp3) is 0.167. The molecule has 0 bridgehead atoms. The van der Waals surface area contributed by atoms with Crippen LogP contribution in [0.15, 0.2) is 23.7 Å². The van der Waals surface area contributed by atoms with Gasteiger partial charge >= 0.3 is 0 Å². The van der Waals surface area contributed by atoms with Gasteiger partial charge in [0.25, 0.3) is 0 Å². The maximum absolute atomic E-state index is 11.3. The number of rotatable bonds is 4. The van der Waals surface area contributed by atoms with Crippen LogP contribution in [-0.4, -0.2) is 22.7 Å². The topological polar surface area (TPSA) is 37.6 Å². The number of anilines is 1. The summed E-state index contributed by atoms with van der Waals surface area (Å²) in [6.45, 7) is 0.684. The maximum atomic E-state index is 11.3. The molecule has 3 aromatic heterocycles. The molecule has 0 aliphatic rings. The van der Waals surface area contributed by atoms with E-state index in [-0.39, 0.29) is 0 Å². The molecule has 0 aromatic carbocycles. The van der Waals surface area contributed by atoms with Crippen molar-refractivity contribution in [2.45, 2.75) is 6.54 Å². The Balaban J connectivity index is 1.94. The second-order valence-corrected chi connectivity index (χ2v) is 6.73. The molecule has 0 aliphatic heterocycles. The fourth-order valence-corrected chi connectivity index (χ4v) is 3.78. The van der Waals surface area contributed by atoms with E-state index in [0.29, 0.717) is 18.1 Å². The number of halogens is 1. The van der Waals surface area contributed by atoms with Gasteiger partial charge in [-0.3, -0.25) is 9.20 Å². The van der Waals surface area contributed by atoms with E-state index in [1.165, 1.54) is 22.7 Å². The number of aromatic nitrogens is 2. The van der Waals surface area contributed by atoms with Crippen LogP contribution in [0.1, 0.15) is 15.4 Å². The number of hydrogen-bond acceptors (Lipinski definition) is 5. The number of fused-ring (bicyclic) bond motifs is 1. The van der Waals surface area contributed by atoms with Crippen molar-refractivity contribution >= 4 is 51.3 Å². The first-order valence-corrected chi connectivity index (χ1v) is 7.62. The van der Waals surface area contributed by atoms with Gasteiger partial charge in [0.1, 0.15) is 5.69 Å². The van der Waals surface area contributed by atoms with Crippen LogP contribution in [0.5, 0.6) is 0 Å². The van der Waals surface area contributed by atoms with Gasteiger partial charge in [-0.05, 0) is 12.1 Å². The van der Waals surface area contributed by atoms with Gasteiger partial charge in [-0.15, -0.1) is 22.7 Å². The molecular weight excluding hydrogens is 302 g/mol. The van der Waals surface area contributed by atoms with Crippen molar-refractivity contribution in [3.05, 3.63) is 38.6 Å². The highest BCUT2D eigenvalue weighted by atomic mass is 35.5. The minimum Gasteiger partial charge on any atom is -0.353 e. The van der Waals surface area contributed by atoms with Crippen molar-refractivity contribution in [2.24, 2.45) is 0 Å². The van der Waals surface area contributed by atoms with Crippen LogP contribution in [0.2, 0.25) is 4.34 Å². The van der Waals surface area contributed by atoms with Crippen molar-refractivity contribution in [1.29, 1.82) is 0 Å². The van der Waals surface area contributed by atoms with Crippen molar-refractivity contribution in [1.82, 2.24) is 9.38 Å². The second kappa shape index (κ2) is 4.96. The molecule has 0 N–H and O–H groups in total. The van der Waals surface area contributed by atoms with E-state index in [1.54, 1.807) is 0 Å². The minimum absolute atomic E-state index is 0.585. The standard InChI is InChI=1S/C12H10ClN3OS2/c1-15(6-8-2-3-10(13)19-8)11-9(7-17)16-4-5-18-12(16)14-11/h2-5,7H,6H2,1H3. The number of imidazole rings is 1. The Morgan fingerprint density at radius 1 is 1.53 bits per heavy atom. The number of carbonyl (C=O) groups is 1. The number of carbonyl (C=O) groups excluding carboxylic acids is 1. The third-order valence-corrected chi connectivity index (χ3v) is 4.75. The zero-order chi connectivity index (χ0) is 13.4. The quantitative estimate of drug-likeness (QED) is 0.691. The van der Waals surface area contributed by atoms with Crippen molar-refractivity contribution < 1.29 is 4.79 Å². The highest BCUT2D eigenvalue weighted by Gasteiger charge is 2.16. The summed E-state index contributed by atoms with van der Waals surface area (Å²) in [4.78, 5) is 19.7. The molecule has 0 atom stereocenters. The lowest BCUT2D eigenvalue weighted by molar-refractivity contribution is 0.111. The summed E-state index contributed by atoms with van der Waals surface area (Å²) in [5, 5.41) is 1.91. The second-order valence-electron chi connectivity index (χ2n) is 4.06. The molecule has 3 aromatic rings. The Bertz CT molecular complexity index is 730. The van der Waals surface area contributed by atoms with Crippen molar-refractivity contribution in [3.8, 4) is 0 Å². The number of thiazole rings is 1. The van der Waals surface area contributed by atoms with E-state index in [9.17, 15) is 4.79 Å². The highest BCUT2D eigenvalue weighted by molar-refractivity contribution is 7.16. The third kappa shape index (κ3) is 2.27. The smallest absolute Gasteiger partial charge is 0.196 e. The van der Waals surface area contributed by atoms with Crippen molar-refractivity contribution in [3.63, 3.8) is 0 Å². The summed E-state index contributed by atoms with van der Waals surface area (Å²) in [5.74, 6) is 0.700. The molecule has 0 radical (unpaired) electrons. The van der Waals surface area contributed by atoms with Gasteiger partial charge in [0.05, 0.1) is 10.9 Å². The van der Waals surface area contributed by atoms with E-state index < -0.39 is 0 Å². The Morgan fingerprint density at radius 3 is 3.05 bits per heavy atom. The van der Waals surface area contributed by atoms with Crippen LogP contribution in [0, 0.1) is 0 Å². The first-order valence-electron chi connectivity index (χ1n) is 5.55. The SMILES string of the molecule is CN(Cc1ccc(Cl)s1)c1nc2sccn2c1C=O. The van der Waals surface area contributed by atoms with Gasteiger partial charge in [-0.2, -0.15) is 0 Å². The first-order chi connectivity index (χ1) is 9.19. The van der Waals surface area contributed by atoms with Gasteiger partial charge in [-0.25, -0.2) is 4.98 Å².